The van der Waals surface area contributed by atoms with Gasteiger partial charge in [-0.3, -0.25) is 0 Å². The fourth-order valence-corrected chi connectivity index (χ4v) is 3.64. The van der Waals surface area contributed by atoms with E-state index in [-0.39, 0.29) is 17.7 Å². The lowest BCUT2D eigenvalue weighted by atomic mass is 10.1. The molecule has 1 fully saturated rings. The van der Waals surface area contributed by atoms with Gasteiger partial charge in [-0.1, -0.05) is 44.0 Å². The third-order valence-corrected chi connectivity index (χ3v) is 5.47. The fraction of sp³-hybridized carbons (Fsp3) is 0.429. The highest BCUT2D eigenvalue weighted by molar-refractivity contribution is 9.10. The number of benzene rings is 2. The second kappa shape index (κ2) is 11.8. The Labute approximate surface area is 198 Å². The molecule has 0 aliphatic carbocycles. The number of hydrogen-bond acceptors (Lipinski definition) is 3. The van der Waals surface area contributed by atoms with E-state index in [1.165, 1.54) is 18.2 Å². The Balaban J connectivity index is 0.000000244. The maximum absolute atomic E-state index is 12.9. The van der Waals surface area contributed by atoms with Gasteiger partial charge in [0.1, 0.15) is 0 Å². The van der Waals surface area contributed by atoms with E-state index in [9.17, 15) is 26.3 Å². The van der Waals surface area contributed by atoms with Crippen molar-refractivity contribution in [1.82, 2.24) is 0 Å². The van der Waals surface area contributed by atoms with Crippen LogP contribution in [0.5, 0.6) is 0 Å². The summed E-state index contributed by atoms with van der Waals surface area (Å²) in [6.45, 7) is -0.0912. The molecule has 0 saturated carbocycles. The molecule has 3 rings (SSSR count). The van der Waals surface area contributed by atoms with Crippen molar-refractivity contribution in [2.75, 3.05) is 6.61 Å². The van der Waals surface area contributed by atoms with Crippen molar-refractivity contribution in [3.8, 4) is 0 Å². The van der Waals surface area contributed by atoms with Crippen molar-refractivity contribution < 1.29 is 40.9 Å². The molecule has 1 heterocycles. The van der Waals surface area contributed by atoms with Crippen molar-refractivity contribution in [3.05, 3.63) is 67.6 Å². The van der Waals surface area contributed by atoms with E-state index >= 15 is 0 Å². The molecule has 1 unspecified atom stereocenters. The second-order valence-electron chi connectivity index (χ2n) is 6.86. The smallest absolute Gasteiger partial charge is 0.392 e. The summed E-state index contributed by atoms with van der Waals surface area (Å²) < 4.78 is 87.0. The molecule has 1 saturated heterocycles. The highest BCUT2D eigenvalue weighted by atomic mass is 79.9. The molecule has 1 atom stereocenters. The van der Waals surface area contributed by atoms with Crippen LogP contribution in [0.25, 0.3) is 0 Å². The number of aliphatic hydroxyl groups excluding tert-OH is 1. The monoisotopic (exact) mass is 592 g/mol. The van der Waals surface area contributed by atoms with Crippen molar-refractivity contribution in [3.63, 3.8) is 0 Å². The lowest BCUT2D eigenvalue weighted by molar-refractivity contribution is -0.171. The molecular formula is C21H20Br2F6O3. The summed E-state index contributed by atoms with van der Waals surface area (Å²) in [5.74, 6) is 0. The van der Waals surface area contributed by atoms with Crippen LogP contribution in [-0.2, 0) is 35.0 Å². The van der Waals surface area contributed by atoms with Crippen molar-refractivity contribution in [2.24, 2.45) is 0 Å². The molecule has 2 aromatic rings. The lowest BCUT2D eigenvalue weighted by Gasteiger charge is -2.23. The molecule has 1 aliphatic heterocycles. The van der Waals surface area contributed by atoms with Crippen LogP contribution in [0, 0.1) is 0 Å². The summed E-state index contributed by atoms with van der Waals surface area (Å²) in [6, 6.07) is 7.73. The van der Waals surface area contributed by atoms with E-state index in [4.69, 9.17) is 14.6 Å². The van der Waals surface area contributed by atoms with E-state index in [2.05, 4.69) is 31.9 Å². The molecule has 0 aromatic heterocycles. The standard InChI is InChI=1S/C13H14BrF3O2.C8H6BrF3O/c14-10-5-4-9(11(7-10)13(15,16)17)8-19-12-3-1-2-6-18-12;9-6-2-1-5(4-13)7(3-6)8(10,11)12/h4-5,7,12H,1-3,6,8H2;1-3,13H,4H2. The van der Waals surface area contributed by atoms with Crippen molar-refractivity contribution >= 4 is 31.9 Å². The number of ether oxygens (including phenoxy) is 2. The van der Waals surface area contributed by atoms with E-state index in [0.29, 0.717) is 15.6 Å². The third kappa shape index (κ3) is 8.33. The Hall–Kier alpha value is -1.14. The Bertz CT molecular complexity index is 881. The fourth-order valence-electron chi connectivity index (χ4n) is 2.91. The molecule has 3 nitrogen and oxygen atoms in total. The quantitative estimate of drug-likeness (QED) is 0.374. The van der Waals surface area contributed by atoms with Crippen LogP contribution in [0.1, 0.15) is 41.5 Å². The van der Waals surface area contributed by atoms with Gasteiger partial charge >= 0.3 is 12.4 Å². The zero-order valence-electron chi connectivity index (χ0n) is 16.6. The first-order chi connectivity index (χ1) is 14.9. The first-order valence-corrected chi connectivity index (χ1v) is 11.1. The molecule has 11 heteroatoms. The van der Waals surface area contributed by atoms with Crippen LogP contribution in [0.3, 0.4) is 0 Å². The van der Waals surface area contributed by atoms with Gasteiger partial charge in [-0.25, -0.2) is 0 Å². The molecule has 0 bridgehead atoms. The second-order valence-corrected chi connectivity index (χ2v) is 8.70. The third-order valence-electron chi connectivity index (χ3n) is 4.49. The Kier molecular flexibility index (Phi) is 10.0. The first kappa shape index (κ1) is 27.1. The van der Waals surface area contributed by atoms with Gasteiger partial charge in [0.2, 0.25) is 0 Å². The molecule has 0 radical (unpaired) electrons. The summed E-state index contributed by atoms with van der Waals surface area (Å²) in [5, 5.41) is 8.66. The van der Waals surface area contributed by atoms with E-state index in [0.717, 1.165) is 31.4 Å². The Morgan fingerprint density at radius 1 is 0.875 bits per heavy atom. The maximum Gasteiger partial charge on any atom is 0.416 e. The summed E-state index contributed by atoms with van der Waals surface area (Å²) in [4.78, 5) is 0. The minimum Gasteiger partial charge on any atom is -0.392 e. The number of aliphatic hydroxyl groups is 1. The van der Waals surface area contributed by atoms with Crippen molar-refractivity contribution in [2.45, 2.75) is 51.1 Å². The average molecular weight is 594 g/mol. The minimum absolute atomic E-state index is 0.0905. The van der Waals surface area contributed by atoms with Crippen LogP contribution in [0.15, 0.2) is 45.3 Å². The van der Waals surface area contributed by atoms with Gasteiger partial charge in [-0.05, 0) is 54.7 Å². The first-order valence-electron chi connectivity index (χ1n) is 9.47. The van der Waals surface area contributed by atoms with E-state index in [1.54, 1.807) is 6.07 Å². The lowest BCUT2D eigenvalue weighted by Crippen LogP contribution is -2.22. The molecular weight excluding hydrogens is 574 g/mol. The molecule has 1 N–H and O–H groups in total. The zero-order chi connectivity index (χ0) is 23.9. The van der Waals surface area contributed by atoms with Gasteiger partial charge < -0.3 is 14.6 Å². The highest BCUT2D eigenvalue weighted by Gasteiger charge is 2.34. The SMILES string of the molecule is FC(F)(F)c1cc(Br)ccc1COC1CCCCO1.OCc1ccc(Br)cc1C(F)(F)F. The number of hydrogen-bond donors (Lipinski definition) is 1. The summed E-state index contributed by atoms with van der Waals surface area (Å²) in [7, 11) is 0. The molecule has 1 aliphatic rings. The molecule has 0 amide bonds. The van der Waals surface area contributed by atoms with Crippen LogP contribution in [0.2, 0.25) is 0 Å². The van der Waals surface area contributed by atoms with Gasteiger partial charge in [0.15, 0.2) is 6.29 Å². The minimum atomic E-state index is -4.41. The molecule has 178 valence electrons. The van der Waals surface area contributed by atoms with Gasteiger partial charge in [0.25, 0.3) is 0 Å². The highest BCUT2D eigenvalue weighted by Crippen LogP contribution is 2.35. The van der Waals surface area contributed by atoms with Crippen LogP contribution >= 0.6 is 31.9 Å². The average Bonchev–Trinajstić information content (AvgIpc) is 2.73. The Morgan fingerprint density at radius 2 is 1.41 bits per heavy atom. The van der Waals surface area contributed by atoms with Crippen molar-refractivity contribution in [1.29, 1.82) is 0 Å². The maximum atomic E-state index is 12.9. The predicted molar refractivity (Wildman–Crippen MR) is 113 cm³/mol. The van der Waals surface area contributed by atoms with E-state index in [1.807, 2.05) is 0 Å². The van der Waals surface area contributed by atoms with E-state index < -0.39 is 36.4 Å². The number of rotatable bonds is 4. The molecule has 32 heavy (non-hydrogen) atoms. The van der Waals surface area contributed by atoms with Gasteiger partial charge in [0.05, 0.1) is 24.3 Å². The van der Waals surface area contributed by atoms with Gasteiger partial charge in [-0.15, -0.1) is 0 Å². The summed E-state index contributed by atoms with van der Waals surface area (Å²) >= 11 is 5.99. The topological polar surface area (TPSA) is 38.7 Å². The summed E-state index contributed by atoms with van der Waals surface area (Å²) in [5.41, 5.74) is -1.46. The van der Waals surface area contributed by atoms with Crippen LogP contribution in [0.4, 0.5) is 26.3 Å². The van der Waals surface area contributed by atoms with Gasteiger partial charge in [0, 0.05) is 15.6 Å². The van der Waals surface area contributed by atoms with Gasteiger partial charge in [-0.2, -0.15) is 26.3 Å². The van der Waals surface area contributed by atoms with Crippen LogP contribution in [-0.4, -0.2) is 18.0 Å². The number of alkyl halides is 6. The predicted octanol–water partition coefficient (Wildman–Crippen LogP) is 7.47. The zero-order valence-corrected chi connectivity index (χ0v) is 19.7. The van der Waals surface area contributed by atoms with Crippen LogP contribution < -0.4 is 0 Å². The molecule has 2 aromatic carbocycles. The number of halogens is 8. The largest absolute Gasteiger partial charge is 0.416 e. The normalized spacial score (nSPS) is 17.0. The summed E-state index contributed by atoms with van der Waals surface area (Å²) in [6.07, 6.45) is -6.49. The molecule has 0 spiro atoms. The Morgan fingerprint density at radius 3 is 1.88 bits per heavy atom.